The minimum atomic E-state index is 0.0572. The lowest BCUT2D eigenvalue weighted by Crippen LogP contribution is -2.18. The molecule has 1 atom stereocenters. The zero-order valence-electron chi connectivity index (χ0n) is 19.8. The number of hydrogen-bond acceptors (Lipinski definition) is 6. The standard InChI is InChI=1S/C28H27N3O2S/c1-18-5-6-22(15-19(18)2)26-17-34-28(29-26)31-27(21-9-13-24(33-4)14-10-21)16-25(30-31)20-7-11-23(32-3)12-8-20/h5-15,17,27H,16H2,1-4H3/t27-/m1/s1. The van der Waals surface area contributed by atoms with Crippen molar-refractivity contribution in [2.75, 3.05) is 19.2 Å². The van der Waals surface area contributed by atoms with Crippen LogP contribution in [-0.2, 0) is 0 Å². The van der Waals surface area contributed by atoms with Crippen molar-refractivity contribution in [3.05, 3.63) is 94.4 Å². The first-order chi connectivity index (χ1) is 16.6. The number of ether oxygens (including phenoxy) is 2. The Morgan fingerprint density at radius 2 is 1.47 bits per heavy atom. The average molecular weight is 470 g/mol. The van der Waals surface area contributed by atoms with Crippen LogP contribution in [0.25, 0.3) is 11.3 Å². The van der Waals surface area contributed by atoms with Gasteiger partial charge in [-0.05, 0) is 78.6 Å². The summed E-state index contributed by atoms with van der Waals surface area (Å²) >= 11 is 1.62. The van der Waals surface area contributed by atoms with Gasteiger partial charge in [-0.2, -0.15) is 5.10 Å². The van der Waals surface area contributed by atoms with E-state index in [0.29, 0.717) is 0 Å². The molecule has 0 spiro atoms. The van der Waals surface area contributed by atoms with E-state index in [2.05, 4.69) is 66.7 Å². The number of nitrogens with zero attached hydrogens (tertiary/aromatic N) is 3. The first kappa shape index (κ1) is 22.2. The lowest BCUT2D eigenvalue weighted by molar-refractivity contribution is 0.414. The van der Waals surface area contributed by atoms with Gasteiger partial charge in [-0.3, -0.25) is 0 Å². The lowest BCUT2D eigenvalue weighted by Gasteiger charge is -2.21. The molecule has 2 heterocycles. The summed E-state index contributed by atoms with van der Waals surface area (Å²) in [4.78, 5) is 4.99. The summed E-state index contributed by atoms with van der Waals surface area (Å²) in [7, 11) is 3.37. The fourth-order valence-electron chi connectivity index (χ4n) is 4.13. The van der Waals surface area contributed by atoms with Crippen LogP contribution in [0.1, 0.15) is 34.7 Å². The molecule has 0 N–H and O–H groups in total. The number of aryl methyl sites for hydroxylation is 2. The van der Waals surface area contributed by atoms with Crippen LogP contribution >= 0.6 is 11.3 Å². The van der Waals surface area contributed by atoms with E-state index < -0.39 is 0 Å². The summed E-state index contributed by atoms with van der Waals surface area (Å²) in [5.74, 6) is 1.68. The van der Waals surface area contributed by atoms with Gasteiger partial charge in [0.25, 0.3) is 0 Å². The summed E-state index contributed by atoms with van der Waals surface area (Å²) in [5, 5.41) is 10.1. The summed E-state index contributed by atoms with van der Waals surface area (Å²) < 4.78 is 10.7. The van der Waals surface area contributed by atoms with Gasteiger partial charge >= 0.3 is 0 Å². The predicted octanol–water partition coefficient (Wildman–Crippen LogP) is 6.80. The predicted molar refractivity (Wildman–Crippen MR) is 139 cm³/mol. The zero-order chi connectivity index (χ0) is 23.7. The molecule has 0 radical (unpaired) electrons. The van der Waals surface area contributed by atoms with Crippen molar-refractivity contribution in [3.63, 3.8) is 0 Å². The third kappa shape index (κ3) is 4.29. The van der Waals surface area contributed by atoms with Gasteiger partial charge in [0.1, 0.15) is 11.5 Å². The Labute approximate surface area is 204 Å². The Hall–Kier alpha value is -3.64. The van der Waals surface area contributed by atoms with Gasteiger partial charge in [-0.25, -0.2) is 9.99 Å². The zero-order valence-corrected chi connectivity index (χ0v) is 20.6. The van der Waals surface area contributed by atoms with Crippen LogP contribution in [0.5, 0.6) is 11.5 Å². The Morgan fingerprint density at radius 1 is 0.824 bits per heavy atom. The molecule has 5 nitrogen and oxygen atoms in total. The molecule has 1 aliphatic heterocycles. The maximum Gasteiger partial charge on any atom is 0.207 e. The van der Waals surface area contributed by atoms with Gasteiger partial charge in [0.2, 0.25) is 5.13 Å². The number of thiazole rings is 1. The largest absolute Gasteiger partial charge is 0.497 e. The van der Waals surface area contributed by atoms with Gasteiger partial charge < -0.3 is 9.47 Å². The van der Waals surface area contributed by atoms with Crippen molar-refractivity contribution in [1.82, 2.24) is 4.98 Å². The Balaban J connectivity index is 1.51. The normalized spacial score (nSPS) is 15.4. The molecule has 6 heteroatoms. The van der Waals surface area contributed by atoms with Crippen molar-refractivity contribution >= 4 is 22.2 Å². The number of aromatic nitrogens is 1. The highest BCUT2D eigenvalue weighted by Crippen LogP contribution is 2.40. The molecule has 1 aliphatic rings. The molecule has 0 amide bonds. The SMILES string of the molecule is COc1ccc(C2=NN(c3nc(-c4ccc(C)c(C)c4)cs3)[C@@H](c3ccc(OC)cc3)C2)cc1. The summed E-state index contributed by atoms with van der Waals surface area (Å²) in [6.07, 6.45) is 0.789. The molecule has 1 aromatic heterocycles. The van der Waals surface area contributed by atoms with E-state index in [1.54, 1.807) is 25.6 Å². The molecule has 0 aliphatic carbocycles. The fraction of sp³-hybridized carbons (Fsp3) is 0.214. The molecule has 34 heavy (non-hydrogen) atoms. The highest BCUT2D eigenvalue weighted by molar-refractivity contribution is 7.14. The van der Waals surface area contributed by atoms with Gasteiger partial charge in [-0.15, -0.1) is 11.3 Å². The van der Waals surface area contributed by atoms with E-state index in [4.69, 9.17) is 19.6 Å². The first-order valence-corrected chi connectivity index (χ1v) is 12.1. The molecule has 0 bridgehead atoms. The summed E-state index contributed by atoms with van der Waals surface area (Å²) in [6.45, 7) is 4.27. The van der Waals surface area contributed by atoms with Crippen molar-refractivity contribution in [2.24, 2.45) is 5.10 Å². The third-order valence-corrected chi connectivity index (χ3v) is 7.16. The number of anilines is 1. The van der Waals surface area contributed by atoms with Crippen LogP contribution in [-0.4, -0.2) is 24.9 Å². The van der Waals surface area contributed by atoms with Crippen molar-refractivity contribution in [1.29, 1.82) is 0 Å². The molecule has 0 unspecified atom stereocenters. The molecule has 4 aromatic rings. The maximum absolute atomic E-state index is 5.36. The molecule has 0 fully saturated rings. The molecule has 3 aromatic carbocycles. The third-order valence-electron chi connectivity index (χ3n) is 6.32. The van der Waals surface area contributed by atoms with Crippen LogP contribution in [0.2, 0.25) is 0 Å². The smallest absolute Gasteiger partial charge is 0.207 e. The molecular weight excluding hydrogens is 442 g/mol. The van der Waals surface area contributed by atoms with E-state index in [1.165, 1.54) is 16.7 Å². The van der Waals surface area contributed by atoms with Gasteiger partial charge in [0, 0.05) is 17.4 Å². The first-order valence-electron chi connectivity index (χ1n) is 11.2. The van der Waals surface area contributed by atoms with Crippen LogP contribution in [0.4, 0.5) is 5.13 Å². The highest BCUT2D eigenvalue weighted by atomic mass is 32.1. The number of hydrogen-bond donors (Lipinski definition) is 0. The average Bonchev–Trinajstić information content (AvgIpc) is 3.54. The molecule has 172 valence electrons. The van der Waals surface area contributed by atoms with Crippen LogP contribution in [0.3, 0.4) is 0 Å². The van der Waals surface area contributed by atoms with E-state index in [9.17, 15) is 0 Å². The minimum absolute atomic E-state index is 0.0572. The molecular formula is C28H27N3O2S. The lowest BCUT2D eigenvalue weighted by atomic mass is 9.98. The van der Waals surface area contributed by atoms with Crippen molar-refractivity contribution in [2.45, 2.75) is 26.3 Å². The van der Waals surface area contributed by atoms with Gasteiger partial charge in [-0.1, -0.05) is 24.3 Å². The minimum Gasteiger partial charge on any atom is -0.497 e. The molecule has 5 rings (SSSR count). The van der Waals surface area contributed by atoms with Gasteiger partial charge in [0.15, 0.2) is 0 Å². The Kier molecular flexibility index (Phi) is 6.07. The maximum atomic E-state index is 5.36. The summed E-state index contributed by atoms with van der Waals surface area (Å²) in [5.41, 5.74) is 7.96. The number of rotatable bonds is 6. The van der Waals surface area contributed by atoms with Gasteiger partial charge in [0.05, 0.1) is 31.7 Å². The van der Waals surface area contributed by atoms with Crippen LogP contribution in [0, 0.1) is 13.8 Å². The van der Waals surface area contributed by atoms with Crippen LogP contribution < -0.4 is 14.5 Å². The number of methoxy groups -OCH3 is 2. The molecule has 0 saturated heterocycles. The Morgan fingerprint density at radius 3 is 2.12 bits per heavy atom. The highest BCUT2D eigenvalue weighted by Gasteiger charge is 2.32. The number of hydrazone groups is 1. The Bertz CT molecular complexity index is 1330. The van der Waals surface area contributed by atoms with E-state index in [1.807, 2.05) is 24.3 Å². The van der Waals surface area contributed by atoms with E-state index in [0.717, 1.165) is 45.6 Å². The topological polar surface area (TPSA) is 47.0 Å². The second-order valence-corrected chi connectivity index (χ2v) is 9.26. The molecule has 0 saturated carbocycles. The van der Waals surface area contributed by atoms with E-state index >= 15 is 0 Å². The summed E-state index contributed by atoms with van der Waals surface area (Å²) in [6, 6.07) is 22.9. The monoisotopic (exact) mass is 469 g/mol. The van der Waals surface area contributed by atoms with E-state index in [-0.39, 0.29) is 6.04 Å². The quantitative estimate of drug-likeness (QED) is 0.312. The number of benzene rings is 3. The second kappa shape index (κ2) is 9.31. The van der Waals surface area contributed by atoms with Crippen LogP contribution in [0.15, 0.2) is 77.2 Å². The van der Waals surface area contributed by atoms with Crippen molar-refractivity contribution < 1.29 is 9.47 Å². The van der Waals surface area contributed by atoms with Crippen molar-refractivity contribution in [3.8, 4) is 22.8 Å². The second-order valence-electron chi connectivity index (χ2n) is 8.43. The fourth-order valence-corrected chi connectivity index (χ4v) is 4.97.